The number of nitriles is 1. The third-order valence-corrected chi connectivity index (χ3v) is 6.55. The molecule has 4 aromatic rings. The molecule has 0 saturated heterocycles. The lowest BCUT2D eigenvalue weighted by atomic mass is 10.1. The highest BCUT2D eigenvalue weighted by molar-refractivity contribution is 7.18. The number of hydrogen-bond acceptors (Lipinski definition) is 3. The molecule has 12 heteroatoms. The lowest BCUT2D eigenvalue weighted by Gasteiger charge is -2.17. The van der Waals surface area contributed by atoms with E-state index in [2.05, 4.69) is 0 Å². The number of aromatic nitrogens is 1. The van der Waals surface area contributed by atoms with Crippen LogP contribution in [0.2, 0.25) is 0 Å². The number of alkyl halides is 6. The van der Waals surface area contributed by atoms with Gasteiger partial charge in [0.05, 0.1) is 28.2 Å². The fourth-order valence-electron chi connectivity index (χ4n) is 3.64. The van der Waals surface area contributed by atoms with Crippen LogP contribution in [0.1, 0.15) is 22.3 Å². The Kier molecular flexibility index (Phi) is 6.68. The van der Waals surface area contributed by atoms with Crippen molar-refractivity contribution in [3.63, 3.8) is 0 Å². The summed E-state index contributed by atoms with van der Waals surface area (Å²) in [4.78, 5) is 13.3. The molecule has 4 rings (SSSR count). The van der Waals surface area contributed by atoms with Crippen LogP contribution in [0.25, 0.3) is 21.0 Å². The Hall–Kier alpha value is -3.98. The van der Waals surface area contributed by atoms with Gasteiger partial charge >= 0.3 is 12.4 Å². The third-order valence-electron chi connectivity index (χ3n) is 5.39. The topological polar surface area (TPSA) is 45.8 Å². The van der Waals surface area contributed by atoms with E-state index in [1.165, 1.54) is 30.3 Å². The number of pyridine rings is 1. The van der Waals surface area contributed by atoms with Gasteiger partial charge in [-0.3, -0.25) is 4.79 Å². The summed E-state index contributed by atoms with van der Waals surface area (Å²) in [7, 11) is 0. The van der Waals surface area contributed by atoms with Crippen LogP contribution in [0.5, 0.6) is 0 Å². The molecule has 0 bridgehead atoms. The Labute approximate surface area is 207 Å². The number of thiophene rings is 1. The minimum Gasteiger partial charge on any atom is -0.302 e. The molecule has 0 N–H and O–H groups in total. The molecule has 0 atom stereocenters. The van der Waals surface area contributed by atoms with Crippen LogP contribution in [0, 0.1) is 23.0 Å². The Morgan fingerprint density at radius 1 is 0.865 bits per heavy atom. The van der Waals surface area contributed by atoms with Gasteiger partial charge in [-0.05, 0) is 42.0 Å². The Balaban J connectivity index is 1.92. The van der Waals surface area contributed by atoms with Crippen molar-refractivity contribution in [1.82, 2.24) is 4.57 Å². The molecule has 2 heterocycles. The summed E-state index contributed by atoms with van der Waals surface area (Å²) in [6.07, 6.45) is -9.70. The van der Waals surface area contributed by atoms with Crippen molar-refractivity contribution in [2.24, 2.45) is 0 Å². The van der Waals surface area contributed by atoms with Gasteiger partial charge in [-0.25, -0.2) is 8.78 Å². The number of benzene rings is 2. The van der Waals surface area contributed by atoms with Crippen LogP contribution in [0.3, 0.4) is 0 Å². The highest BCUT2D eigenvalue weighted by Crippen LogP contribution is 2.39. The lowest BCUT2D eigenvalue weighted by Crippen LogP contribution is -2.28. The summed E-state index contributed by atoms with van der Waals surface area (Å²) < 4.78 is 109. The predicted molar refractivity (Wildman–Crippen MR) is 120 cm³/mol. The van der Waals surface area contributed by atoms with Gasteiger partial charge in [-0.15, -0.1) is 11.3 Å². The van der Waals surface area contributed by atoms with E-state index in [1.54, 1.807) is 0 Å². The third kappa shape index (κ3) is 5.27. The van der Waals surface area contributed by atoms with Gasteiger partial charge < -0.3 is 4.57 Å². The molecule has 0 fully saturated rings. The zero-order valence-electron chi connectivity index (χ0n) is 18.2. The minimum absolute atomic E-state index is 0.0435. The molecule has 2 aromatic carbocycles. The van der Waals surface area contributed by atoms with Gasteiger partial charge in [0.1, 0.15) is 23.3 Å². The lowest BCUT2D eigenvalue weighted by molar-refractivity contribution is -0.138. The fourth-order valence-corrected chi connectivity index (χ4v) is 4.67. The van der Waals surface area contributed by atoms with Crippen molar-refractivity contribution in [3.05, 3.63) is 105 Å². The predicted octanol–water partition coefficient (Wildman–Crippen LogP) is 7.48. The normalized spacial score (nSPS) is 12.0. The van der Waals surface area contributed by atoms with Gasteiger partial charge in [-0.1, -0.05) is 18.2 Å². The van der Waals surface area contributed by atoms with Crippen molar-refractivity contribution < 1.29 is 35.1 Å². The molecule has 3 nitrogen and oxygen atoms in total. The first kappa shape index (κ1) is 26.1. The monoisotopic (exact) mass is 540 g/mol. The molecule has 0 radical (unpaired) electrons. The molecular weight excluding hydrogens is 528 g/mol. The zero-order valence-corrected chi connectivity index (χ0v) is 19.0. The van der Waals surface area contributed by atoms with Crippen LogP contribution in [0.4, 0.5) is 35.1 Å². The standard InChI is InChI=1S/C25H12F8N2OS/c26-16-5-4-14(19(27)9-16)12-35-20(10-18(25(31,32)33)17(11-34)23(35)36)22-7-6-21(37-22)13-2-1-3-15(8-13)24(28,29)30/h1-10H,12H2. The summed E-state index contributed by atoms with van der Waals surface area (Å²) in [5.74, 6) is -1.98. The van der Waals surface area contributed by atoms with Crippen molar-refractivity contribution in [3.8, 4) is 27.1 Å². The van der Waals surface area contributed by atoms with E-state index in [4.69, 9.17) is 0 Å². The molecule has 0 amide bonds. The van der Waals surface area contributed by atoms with Gasteiger partial charge in [0.2, 0.25) is 0 Å². The van der Waals surface area contributed by atoms with E-state index < -0.39 is 52.8 Å². The number of hydrogen-bond donors (Lipinski definition) is 0. The Morgan fingerprint density at radius 2 is 1.57 bits per heavy atom. The molecule has 0 aliphatic heterocycles. The number of halogens is 8. The number of nitrogens with zero attached hydrogens (tertiary/aromatic N) is 2. The number of rotatable bonds is 4. The maximum absolute atomic E-state index is 14.3. The average Bonchev–Trinajstić information content (AvgIpc) is 3.30. The van der Waals surface area contributed by atoms with E-state index in [1.807, 2.05) is 0 Å². The van der Waals surface area contributed by atoms with Crippen molar-refractivity contribution in [1.29, 1.82) is 5.26 Å². The van der Waals surface area contributed by atoms with E-state index >= 15 is 0 Å². The van der Waals surface area contributed by atoms with Crippen molar-refractivity contribution >= 4 is 11.3 Å². The van der Waals surface area contributed by atoms with Crippen molar-refractivity contribution in [2.45, 2.75) is 18.9 Å². The summed E-state index contributed by atoms with van der Waals surface area (Å²) in [5.41, 5.74) is -5.46. The maximum atomic E-state index is 14.3. The molecule has 2 aromatic heterocycles. The first-order chi connectivity index (χ1) is 17.3. The molecule has 0 aliphatic rings. The van der Waals surface area contributed by atoms with Crippen LogP contribution in [-0.4, -0.2) is 4.57 Å². The fraction of sp³-hybridized carbons (Fsp3) is 0.120. The second-order valence-corrected chi connectivity index (χ2v) is 8.88. The molecule has 0 spiro atoms. The maximum Gasteiger partial charge on any atom is 0.417 e. The largest absolute Gasteiger partial charge is 0.417 e. The second-order valence-electron chi connectivity index (χ2n) is 7.80. The minimum atomic E-state index is -5.08. The average molecular weight is 540 g/mol. The van der Waals surface area contributed by atoms with E-state index in [-0.39, 0.29) is 26.6 Å². The van der Waals surface area contributed by atoms with Crippen LogP contribution < -0.4 is 5.56 Å². The van der Waals surface area contributed by atoms with E-state index in [9.17, 15) is 45.2 Å². The first-order valence-electron chi connectivity index (χ1n) is 10.3. The molecule has 190 valence electrons. The quantitative estimate of drug-likeness (QED) is 0.252. The molecular formula is C25H12F8N2OS. The molecule has 0 aliphatic carbocycles. The molecule has 37 heavy (non-hydrogen) atoms. The smallest absolute Gasteiger partial charge is 0.302 e. The first-order valence-corrected chi connectivity index (χ1v) is 11.1. The summed E-state index contributed by atoms with van der Waals surface area (Å²) in [6.45, 7) is -0.635. The van der Waals surface area contributed by atoms with Crippen LogP contribution in [0.15, 0.2) is 65.5 Å². The van der Waals surface area contributed by atoms with Gasteiger partial charge in [0.25, 0.3) is 5.56 Å². The SMILES string of the molecule is N#Cc1c(C(F)(F)F)cc(-c2ccc(-c3cccc(C(F)(F)F)c3)s2)n(Cc2ccc(F)cc2F)c1=O. The highest BCUT2D eigenvalue weighted by Gasteiger charge is 2.37. The second kappa shape index (κ2) is 9.48. The zero-order chi connectivity index (χ0) is 27.1. The van der Waals surface area contributed by atoms with Gasteiger partial charge in [0, 0.05) is 16.5 Å². The summed E-state index contributed by atoms with van der Waals surface area (Å²) in [6, 6.07) is 11.2. The molecule has 0 saturated carbocycles. The molecule has 0 unspecified atom stereocenters. The van der Waals surface area contributed by atoms with Gasteiger partial charge in [-0.2, -0.15) is 31.6 Å². The van der Waals surface area contributed by atoms with E-state index in [0.29, 0.717) is 12.1 Å². The van der Waals surface area contributed by atoms with Crippen molar-refractivity contribution in [2.75, 3.05) is 0 Å². The van der Waals surface area contributed by atoms with Crippen LogP contribution in [-0.2, 0) is 18.9 Å². The summed E-state index contributed by atoms with van der Waals surface area (Å²) >= 11 is 0.800. The van der Waals surface area contributed by atoms with Crippen LogP contribution >= 0.6 is 11.3 Å². The van der Waals surface area contributed by atoms with E-state index in [0.717, 1.165) is 40.2 Å². The van der Waals surface area contributed by atoms with Gasteiger partial charge in [0.15, 0.2) is 0 Å². The Morgan fingerprint density at radius 3 is 2.19 bits per heavy atom. The Bertz CT molecular complexity index is 1590. The highest BCUT2D eigenvalue weighted by atomic mass is 32.1. The summed E-state index contributed by atoms with van der Waals surface area (Å²) in [5, 5.41) is 9.27.